The van der Waals surface area contributed by atoms with Crippen LogP contribution >= 0.6 is 0 Å². The van der Waals surface area contributed by atoms with Gasteiger partial charge in [-0.1, -0.05) is 13.8 Å². The third-order valence-electron chi connectivity index (χ3n) is 3.30. The van der Waals surface area contributed by atoms with Gasteiger partial charge in [-0.2, -0.15) is 5.10 Å². The molecule has 106 valence electrons. The average Bonchev–Trinajstić information content (AvgIpc) is 2.77. The fraction of sp³-hybridized carbons (Fsp3) is 0.400. The molecule has 0 aromatic carbocycles. The van der Waals surface area contributed by atoms with Crippen molar-refractivity contribution < 1.29 is 4.79 Å². The Morgan fingerprint density at radius 2 is 2.15 bits per heavy atom. The SMILES string of the molecule is CCC(C)C(=O)Nc1ccc(-n2nc(C)cc2C)nc1. The number of carbonyl (C=O) groups excluding carboxylic acids is 1. The van der Waals surface area contributed by atoms with Crippen molar-refractivity contribution >= 4 is 11.6 Å². The van der Waals surface area contributed by atoms with Gasteiger partial charge in [-0.3, -0.25) is 4.79 Å². The van der Waals surface area contributed by atoms with Gasteiger partial charge in [-0.25, -0.2) is 9.67 Å². The van der Waals surface area contributed by atoms with Crippen molar-refractivity contribution in [3.05, 3.63) is 35.8 Å². The molecule has 1 unspecified atom stereocenters. The smallest absolute Gasteiger partial charge is 0.227 e. The lowest BCUT2D eigenvalue weighted by molar-refractivity contribution is -0.119. The molecule has 0 saturated carbocycles. The topological polar surface area (TPSA) is 59.8 Å². The molecule has 1 atom stereocenters. The summed E-state index contributed by atoms with van der Waals surface area (Å²) in [5.74, 6) is 0.774. The lowest BCUT2D eigenvalue weighted by Crippen LogP contribution is -2.19. The van der Waals surface area contributed by atoms with E-state index in [-0.39, 0.29) is 11.8 Å². The van der Waals surface area contributed by atoms with Gasteiger partial charge >= 0.3 is 0 Å². The van der Waals surface area contributed by atoms with Crippen LogP contribution < -0.4 is 5.32 Å². The number of pyridine rings is 1. The highest BCUT2D eigenvalue weighted by Gasteiger charge is 2.11. The first kappa shape index (κ1) is 14.2. The molecule has 1 N–H and O–H groups in total. The quantitative estimate of drug-likeness (QED) is 0.931. The molecule has 5 heteroatoms. The second-order valence-electron chi connectivity index (χ2n) is 5.04. The van der Waals surface area contributed by atoms with Gasteiger partial charge in [-0.15, -0.1) is 0 Å². The molecule has 20 heavy (non-hydrogen) atoms. The first-order chi connectivity index (χ1) is 9.51. The third-order valence-corrected chi connectivity index (χ3v) is 3.30. The molecule has 5 nitrogen and oxygen atoms in total. The predicted octanol–water partition coefficient (Wildman–Crippen LogP) is 2.87. The minimum absolute atomic E-state index is 0.00526. The van der Waals surface area contributed by atoms with Gasteiger partial charge < -0.3 is 5.32 Å². The van der Waals surface area contributed by atoms with Crippen LogP contribution in [0.2, 0.25) is 0 Å². The Kier molecular flexibility index (Phi) is 4.17. The summed E-state index contributed by atoms with van der Waals surface area (Å²) in [6.45, 7) is 7.84. The summed E-state index contributed by atoms with van der Waals surface area (Å²) >= 11 is 0. The molecule has 2 rings (SSSR count). The maximum absolute atomic E-state index is 11.8. The fourth-order valence-electron chi connectivity index (χ4n) is 1.90. The van der Waals surface area contributed by atoms with E-state index in [1.165, 1.54) is 0 Å². The molecule has 2 aromatic heterocycles. The monoisotopic (exact) mass is 272 g/mol. The predicted molar refractivity (Wildman–Crippen MR) is 78.9 cm³/mol. The van der Waals surface area contributed by atoms with Crippen molar-refractivity contribution in [2.24, 2.45) is 5.92 Å². The number of aromatic nitrogens is 3. The summed E-state index contributed by atoms with van der Waals surface area (Å²) in [4.78, 5) is 16.1. The van der Waals surface area contributed by atoms with E-state index in [9.17, 15) is 4.79 Å². The second kappa shape index (κ2) is 5.86. The molecule has 0 fully saturated rings. The van der Waals surface area contributed by atoms with E-state index in [4.69, 9.17) is 0 Å². The summed E-state index contributed by atoms with van der Waals surface area (Å²) in [6, 6.07) is 5.70. The number of carbonyl (C=O) groups is 1. The molecule has 0 saturated heterocycles. The van der Waals surface area contributed by atoms with E-state index in [1.807, 2.05) is 45.9 Å². The molecular formula is C15H20N4O. The normalized spacial score (nSPS) is 12.2. The largest absolute Gasteiger partial charge is 0.324 e. The minimum atomic E-state index is 0.00526. The lowest BCUT2D eigenvalue weighted by Gasteiger charge is -2.10. The zero-order valence-corrected chi connectivity index (χ0v) is 12.3. The summed E-state index contributed by atoms with van der Waals surface area (Å²) in [6.07, 6.45) is 2.48. The van der Waals surface area contributed by atoms with E-state index in [0.29, 0.717) is 5.69 Å². The molecule has 0 spiro atoms. The molecular weight excluding hydrogens is 252 g/mol. The number of rotatable bonds is 4. The summed E-state index contributed by atoms with van der Waals surface area (Å²) in [5.41, 5.74) is 2.70. The van der Waals surface area contributed by atoms with Gasteiger partial charge in [0, 0.05) is 11.6 Å². The summed E-state index contributed by atoms with van der Waals surface area (Å²) < 4.78 is 1.79. The number of anilines is 1. The van der Waals surface area contributed by atoms with Crippen molar-refractivity contribution in [2.45, 2.75) is 34.1 Å². The molecule has 0 radical (unpaired) electrons. The number of amides is 1. The standard InChI is InChI=1S/C15H20N4O/c1-5-10(2)15(20)17-13-6-7-14(16-9-13)19-12(4)8-11(3)18-19/h6-10H,5H2,1-4H3,(H,17,20). The fourth-order valence-corrected chi connectivity index (χ4v) is 1.90. The maximum atomic E-state index is 11.8. The molecule has 0 aliphatic heterocycles. The van der Waals surface area contributed by atoms with Crippen LogP contribution in [0.25, 0.3) is 5.82 Å². The Morgan fingerprint density at radius 3 is 2.65 bits per heavy atom. The van der Waals surface area contributed by atoms with Crippen LogP contribution in [-0.2, 0) is 4.79 Å². The van der Waals surface area contributed by atoms with E-state index < -0.39 is 0 Å². The molecule has 0 aliphatic rings. The number of hydrogen-bond donors (Lipinski definition) is 1. The van der Waals surface area contributed by atoms with Gasteiger partial charge in [0.2, 0.25) is 5.91 Å². The molecule has 0 bridgehead atoms. The summed E-state index contributed by atoms with van der Waals surface area (Å²) in [7, 11) is 0. The molecule has 2 heterocycles. The van der Waals surface area contributed by atoms with Crippen molar-refractivity contribution in [2.75, 3.05) is 5.32 Å². The van der Waals surface area contributed by atoms with Crippen LogP contribution in [0.4, 0.5) is 5.69 Å². The summed E-state index contributed by atoms with van der Waals surface area (Å²) in [5, 5.41) is 7.24. The van der Waals surface area contributed by atoms with E-state index >= 15 is 0 Å². The highest BCUT2D eigenvalue weighted by molar-refractivity contribution is 5.92. The Bertz CT molecular complexity index is 601. The van der Waals surface area contributed by atoms with Crippen LogP contribution in [0.5, 0.6) is 0 Å². The Balaban J connectivity index is 2.14. The third kappa shape index (κ3) is 3.04. The van der Waals surface area contributed by atoms with Gasteiger partial charge in [0.15, 0.2) is 5.82 Å². The molecule has 0 aliphatic carbocycles. The average molecular weight is 272 g/mol. The molecule has 1 amide bonds. The van der Waals surface area contributed by atoms with Crippen molar-refractivity contribution in [3.63, 3.8) is 0 Å². The lowest BCUT2D eigenvalue weighted by atomic mass is 10.1. The first-order valence-electron chi connectivity index (χ1n) is 6.81. The van der Waals surface area contributed by atoms with E-state index in [2.05, 4.69) is 15.4 Å². The number of aryl methyl sites for hydroxylation is 2. The van der Waals surface area contributed by atoms with Gasteiger partial charge in [0.25, 0.3) is 0 Å². The molecule has 2 aromatic rings. The van der Waals surface area contributed by atoms with Crippen LogP contribution in [-0.4, -0.2) is 20.7 Å². The van der Waals surface area contributed by atoms with E-state index in [1.54, 1.807) is 10.9 Å². The van der Waals surface area contributed by atoms with Crippen molar-refractivity contribution in [1.82, 2.24) is 14.8 Å². The van der Waals surface area contributed by atoms with Gasteiger partial charge in [0.05, 0.1) is 17.6 Å². The van der Waals surface area contributed by atoms with Crippen LogP contribution in [0, 0.1) is 19.8 Å². The van der Waals surface area contributed by atoms with Gasteiger partial charge in [0.1, 0.15) is 0 Å². The number of hydrogen-bond acceptors (Lipinski definition) is 3. The Hall–Kier alpha value is -2.17. The Labute approximate surface area is 119 Å². The van der Waals surface area contributed by atoms with Crippen molar-refractivity contribution in [3.8, 4) is 5.82 Å². The highest BCUT2D eigenvalue weighted by Crippen LogP contribution is 2.13. The first-order valence-corrected chi connectivity index (χ1v) is 6.81. The van der Waals surface area contributed by atoms with Crippen LogP contribution in [0.1, 0.15) is 31.7 Å². The van der Waals surface area contributed by atoms with Crippen LogP contribution in [0.3, 0.4) is 0 Å². The second-order valence-corrected chi connectivity index (χ2v) is 5.04. The van der Waals surface area contributed by atoms with Crippen molar-refractivity contribution in [1.29, 1.82) is 0 Å². The Morgan fingerprint density at radius 1 is 1.40 bits per heavy atom. The maximum Gasteiger partial charge on any atom is 0.227 e. The van der Waals surface area contributed by atoms with E-state index in [0.717, 1.165) is 23.6 Å². The number of nitrogens with one attached hydrogen (secondary N) is 1. The van der Waals surface area contributed by atoms with Gasteiger partial charge in [-0.05, 0) is 38.5 Å². The minimum Gasteiger partial charge on any atom is -0.324 e. The zero-order valence-electron chi connectivity index (χ0n) is 12.3. The zero-order chi connectivity index (χ0) is 14.7. The highest BCUT2D eigenvalue weighted by atomic mass is 16.1. The van der Waals surface area contributed by atoms with Crippen LogP contribution in [0.15, 0.2) is 24.4 Å². The number of nitrogens with zero attached hydrogens (tertiary/aromatic N) is 3.